The third-order valence-corrected chi connectivity index (χ3v) is 2.76. The second-order valence-corrected chi connectivity index (χ2v) is 4.16. The van der Waals surface area contributed by atoms with E-state index in [0.717, 1.165) is 11.5 Å². The van der Waals surface area contributed by atoms with Gasteiger partial charge in [0, 0.05) is 12.7 Å². The summed E-state index contributed by atoms with van der Waals surface area (Å²) in [6, 6.07) is 0. The normalized spacial score (nSPS) is 10.4. The Kier molecular flexibility index (Phi) is 3.94. The molecule has 0 radical (unpaired) electrons. The predicted molar refractivity (Wildman–Crippen MR) is 56.6 cm³/mol. The molecule has 0 fully saturated rings. The highest BCUT2D eigenvalue weighted by atomic mass is 32.2. The highest BCUT2D eigenvalue weighted by Gasteiger charge is 2.16. The number of thioether (sulfide) groups is 1. The van der Waals surface area contributed by atoms with E-state index in [0.29, 0.717) is 12.4 Å². The van der Waals surface area contributed by atoms with Crippen LogP contribution in [0.3, 0.4) is 0 Å². The molecule has 14 heavy (non-hydrogen) atoms. The van der Waals surface area contributed by atoms with Crippen molar-refractivity contribution >= 4 is 17.6 Å². The fourth-order valence-electron chi connectivity index (χ4n) is 1.18. The summed E-state index contributed by atoms with van der Waals surface area (Å²) in [4.78, 5) is 14.1. The zero-order chi connectivity index (χ0) is 10.6. The molecular weight excluding hydrogens is 202 g/mol. The van der Waals surface area contributed by atoms with Crippen LogP contribution >= 0.6 is 11.8 Å². The van der Waals surface area contributed by atoms with Gasteiger partial charge < -0.3 is 10.1 Å². The maximum absolute atomic E-state index is 10.6. The number of aromatic nitrogens is 2. The van der Waals surface area contributed by atoms with Gasteiger partial charge in [-0.05, 0) is 10.7 Å². The Morgan fingerprint density at radius 1 is 1.71 bits per heavy atom. The van der Waals surface area contributed by atoms with Gasteiger partial charge in [-0.3, -0.25) is 0 Å². The molecule has 6 heteroatoms. The molecule has 0 atom stereocenters. The number of hydrogen-bond acceptors (Lipinski definition) is 4. The summed E-state index contributed by atoms with van der Waals surface area (Å²) in [5.74, 6) is 2.70. The number of rotatable bonds is 5. The lowest BCUT2D eigenvalue weighted by Crippen LogP contribution is -2.06. The second kappa shape index (κ2) is 4.99. The van der Waals surface area contributed by atoms with Crippen LogP contribution in [0, 0.1) is 17.0 Å². The van der Waals surface area contributed by atoms with Crippen LogP contribution in [0.4, 0.5) is 5.82 Å². The van der Waals surface area contributed by atoms with Gasteiger partial charge >= 0.3 is 5.82 Å². The smallest absolute Gasteiger partial charge is 0.342 e. The third-order valence-electron chi connectivity index (χ3n) is 1.88. The van der Waals surface area contributed by atoms with E-state index in [1.54, 1.807) is 23.3 Å². The highest BCUT2D eigenvalue weighted by Crippen LogP contribution is 2.14. The van der Waals surface area contributed by atoms with Crippen LogP contribution in [0.25, 0.3) is 0 Å². The summed E-state index contributed by atoms with van der Waals surface area (Å²) in [5, 5.41) is 10.6. The Bertz CT molecular complexity index is 324. The molecule has 0 unspecified atom stereocenters. The Morgan fingerprint density at radius 3 is 3.00 bits per heavy atom. The molecule has 0 bridgehead atoms. The number of imidazole rings is 1. The van der Waals surface area contributed by atoms with Crippen LogP contribution < -0.4 is 0 Å². The van der Waals surface area contributed by atoms with Gasteiger partial charge in [-0.2, -0.15) is 11.8 Å². The molecule has 0 aromatic carbocycles. The van der Waals surface area contributed by atoms with E-state index in [-0.39, 0.29) is 5.82 Å². The van der Waals surface area contributed by atoms with Gasteiger partial charge in [0.1, 0.15) is 12.7 Å². The Labute approximate surface area is 86.7 Å². The first kappa shape index (κ1) is 11.0. The van der Waals surface area contributed by atoms with Gasteiger partial charge in [0.25, 0.3) is 0 Å². The van der Waals surface area contributed by atoms with Crippen molar-refractivity contribution in [1.29, 1.82) is 0 Å². The predicted octanol–water partition coefficient (Wildman–Crippen LogP) is 1.85. The van der Waals surface area contributed by atoms with Crippen LogP contribution in [0.2, 0.25) is 0 Å². The summed E-state index contributed by atoms with van der Waals surface area (Å²) in [6.45, 7) is 4.50. The quantitative estimate of drug-likeness (QED) is 0.427. The maximum Gasteiger partial charge on any atom is 0.342 e. The minimum Gasteiger partial charge on any atom is -0.358 e. The van der Waals surface area contributed by atoms with Crippen molar-refractivity contribution < 1.29 is 4.92 Å². The van der Waals surface area contributed by atoms with Crippen molar-refractivity contribution in [3.63, 3.8) is 0 Å². The molecule has 1 aromatic rings. The van der Waals surface area contributed by atoms with E-state index in [2.05, 4.69) is 11.9 Å². The summed E-state index contributed by atoms with van der Waals surface area (Å²) >= 11 is 1.76. The van der Waals surface area contributed by atoms with Crippen molar-refractivity contribution in [1.82, 2.24) is 9.55 Å². The summed E-state index contributed by atoms with van der Waals surface area (Å²) < 4.78 is 1.64. The summed E-state index contributed by atoms with van der Waals surface area (Å²) in [7, 11) is 0. The SMILES string of the molecule is CCSCCn1c([N+](=O)[O-])cnc1C. The van der Waals surface area contributed by atoms with Gasteiger partial charge in [-0.1, -0.05) is 6.92 Å². The molecule has 78 valence electrons. The number of nitro groups is 1. The molecule has 1 heterocycles. The van der Waals surface area contributed by atoms with E-state index < -0.39 is 4.92 Å². The molecule has 1 aromatic heterocycles. The number of hydrogen-bond donors (Lipinski definition) is 0. The van der Waals surface area contributed by atoms with Crippen LogP contribution in [0.5, 0.6) is 0 Å². The molecular formula is C8H13N3O2S. The number of aryl methyl sites for hydroxylation is 1. The standard InChI is InChI=1S/C8H13N3O2S/c1-3-14-5-4-10-7(2)9-6-8(10)11(12)13/h6H,3-5H2,1-2H3. The van der Waals surface area contributed by atoms with Crippen LogP contribution in [-0.2, 0) is 6.54 Å². The van der Waals surface area contributed by atoms with Crippen LogP contribution in [0.15, 0.2) is 6.20 Å². The van der Waals surface area contributed by atoms with E-state index >= 15 is 0 Å². The molecule has 0 saturated heterocycles. The zero-order valence-electron chi connectivity index (χ0n) is 8.27. The van der Waals surface area contributed by atoms with Crippen molar-refractivity contribution in [3.05, 3.63) is 22.1 Å². The van der Waals surface area contributed by atoms with E-state index in [4.69, 9.17) is 0 Å². The molecule has 5 nitrogen and oxygen atoms in total. The molecule has 0 N–H and O–H groups in total. The van der Waals surface area contributed by atoms with Crippen molar-refractivity contribution in [2.75, 3.05) is 11.5 Å². The average Bonchev–Trinajstić information content (AvgIpc) is 2.48. The lowest BCUT2D eigenvalue weighted by Gasteiger charge is -2.01. The van der Waals surface area contributed by atoms with Gasteiger partial charge in [0.2, 0.25) is 0 Å². The van der Waals surface area contributed by atoms with Crippen molar-refractivity contribution in [3.8, 4) is 0 Å². The van der Waals surface area contributed by atoms with E-state index in [9.17, 15) is 10.1 Å². The highest BCUT2D eigenvalue weighted by molar-refractivity contribution is 7.99. The monoisotopic (exact) mass is 215 g/mol. The maximum atomic E-state index is 10.6. The lowest BCUT2D eigenvalue weighted by molar-refractivity contribution is -0.392. The molecule has 0 aliphatic rings. The number of nitrogens with zero attached hydrogens (tertiary/aromatic N) is 3. The van der Waals surface area contributed by atoms with Gasteiger partial charge in [0.05, 0.1) is 0 Å². The Hall–Kier alpha value is -1.04. The van der Waals surface area contributed by atoms with Gasteiger partial charge in [-0.15, -0.1) is 0 Å². The first-order chi connectivity index (χ1) is 6.66. The Balaban J connectivity index is 2.72. The Morgan fingerprint density at radius 2 is 2.43 bits per heavy atom. The summed E-state index contributed by atoms with van der Waals surface area (Å²) in [6.07, 6.45) is 1.31. The molecule has 0 saturated carbocycles. The molecule has 0 spiro atoms. The van der Waals surface area contributed by atoms with E-state index in [1.165, 1.54) is 6.20 Å². The van der Waals surface area contributed by atoms with Crippen molar-refractivity contribution in [2.24, 2.45) is 0 Å². The minimum absolute atomic E-state index is 0.0826. The fraction of sp³-hybridized carbons (Fsp3) is 0.625. The molecule has 0 aliphatic carbocycles. The molecule has 0 aliphatic heterocycles. The van der Waals surface area contributed by atoms with Gasteiger partial charge in [0.15, 0.2) is 5.82 Å². The topological polar surface area (TPSA) is 61.0 Å². The average molecular weight is 215 g/mol. The van der Waals surface area contributed by atoms with Crippen LogP contribution in [0.1, 0.15) is 12.7 Å². The lowest BCUT2D eigenvalue weighted by atomic mass is 10.6. The first-order valence-electron chi connectivity index (χ1n) is 4.41. The molecule has 0 amide bonds. The van der Waals surface area contributed by atoms with Crippen LogP contribution in [-0.4, -0.2) is 26.0 Å². The fourth-order valence-corrected chi connectivity index (χ4v) is 1.78. The minimum atomic E-state index is -0.392. The van der Waals surface area contributed by atoms with Gasteiger partial charge in [-0.25, -0.2) is 9.55 Å². The first-order valence-corrected chi connectivity index (χ1v) is 5.56. The largest absolute Gasteiger partial charge is 0.358 e. The molecule has 1 rings (SSSR count). The second-order valence-electron chi connectivity index (χ2n) is 2.77. The summed E-state index contributed by atoms with van der Waals surface area (Å²) in [5.41, 5.74) is 0. The van der Waals surface area contributed by atoms with Crippen molar-refractivity contribution in [2.45, 2.75) is 20.4 Å². The zero-order valence-corrected chi connectivity index (χ0v) is 9.08. The van der Waals surface area contributed by atoms with E-state index in [1.807, 2.05) is 0 Å². The third kappa shape index (κ3) is 2.47.